The molecule has 3 heteroatoms. The van der Waals surface area contributed by atoms with Crippen LogP contribution in [0.5, 0.6) is 5.75 Å². The molecular formula is C15H24N2O. The highest BCUT2D eigenvalue weighted by atomic mass is 16.5. The van der Waals surface area contributed by atoms with Crippen LogP contribution in [0.25, 0.3) is 0 Å². The van der Waals surface area contributed by atoms with Crippen LogP contribution in [0.15, 0.2) is 18.2 Å². The van der Waals surface area contributed by atoms with Gasteiger partial charge in [-0.1, -0.05) is 12.1 Å². The van der Waals surface area contributed by atoms with Crippen molar-refractivity contribution in [2.24, 2.45) is 0 Å². The highest BCUT2D eigenvalue weighted by Gasteiger charge is 2.09. The number of rotatable bonds is 6. The van der Waals surface area contributed by atoms with Gasteiger partial charge in [-0.3, -0.25) is 0 Å². The lowest BCUT2D eigenvalue weighted by Crippen LogP contribution is -2.21. The Morgan fingerprint density at radius 1 is 1.33 bits per heavy atom. The van der Waals surface area contributed by atoms with E-state index in [0.29, 0.717) is 0 Å². The summed E-state index contributed by atoms with van der Waals surface area (Å²) in [5.74, 6) is 1.08. The molecule has 0 unspecified atom stereocenters. The van der Waals surface area contributed by atoms with Gasteiger partial charge in [0.15, 0.2) is 0 Å². The smallest absolute Gasteiger partial charge is 0.122 e. The molecule has 100 valence electrons. The van der Waals surface area contributed by atoms with E-state index < -0.39 is 0 Å². The van der Waals surface area contributed by atoms with Crippen LogP contribution in [0, 0.1) is 0 Å². The first-order valence-corrected chi connectivity index (χ1v) is 6.86. The molecule has 0 saturated heterocycles. The monoisotopic (exact) mass is 248 g/mol. The zero-order valence-electron chi connectivity index (χ0n) is 11.5. The fourth-order valence-corrected chi connectivity index (χ4v) is 2.28. The molecule has 1 aromatic rings. The van der Waals surface area contributed by atoms with Crippen molar-refractivity contribution in [3.63, 3.8) is 0 Å². The zero-order valence-corrected chi connectivity index (χ0v) is 11.5. The molecule has 18 heavy (non-hydrogen) atoms. The van der Waals surface area contributed by atoms with Crippen molar-refractivity contribution in [2.75, 3.05) is 33.8 Å². The summed E-state index contributed by atoms with van der Waals surface area (Å²) in [6, 6.07) is 6.57. The Hall–Kier alpha value is -1.06. The quantitative estimate of drug-likeness (QED) is 0.780. The topological polar surface area (TPSA) is 24.5 Å². The van der Waals surface area contributed by atoms with E-state index in [4.69, 9.17) is 4.74 Å². The number of aryl methyl sites for hydroxylation is 1. The first-order valence-electron chi connectivity index (χ1n) is 6.86. The number of nitrogens with zero attached hydrogens (tertiary/aromatic N) is 1. The number of nitrogens with one attached hydrogen (secondary N) is 1. The third-order valence-corrected chi connectivity index (χ3v) is 3.26. The number of hydrogen-bond donors (Lipinski definition) is 1. The van der Waals surface area contributed by atoms with Gasteiger partial charge in [0.1, 0.15) is 5.75 Å². The summed E-state index contributed by atoms with van der Waals surface area (Å²) in [5, 5.41) is 3.50. The summed E-state index contributed by atoms with van der Waals surface area (Å²) in [7, 11) is 4.23. The maximum Gasteiger partial charge on any atom is 0.122 e. The van der Waals surface area contributed by atoms with Gasteiger partial charge in [0.05, 0.1) is 6.61 Å². The molecule has 0 spiro atoms. The standard InChI is InChI=1S/C15H24N2O/c1-17(2)9-4-8-16-12-13-6-7-15-14(11-13)5-3-10-18-15/h6-7,11,16H,3-5,8-10,12H2,1-2H3. The van der Waals surface area contributed by atoms with E-state index in [9.17, 15) is 0 Å². The lowest BCUT2D eigenvalue weighted by molar-refractivity contribution is 0.288. The van der Waals surface area contributed by atoms with Crippen LogP contribution in [0.4, 0.5) is 0 Å². The van der Waals surface area contributed by atoms with Crippen LogP contribution in [0.3, 0.4) is 0 Å². The van der Waals surface area contributed by atoms with Gasteiger partial charge >= 0.3 is 0 Å². The predicted molar refractivity (Wildman–Crippen MR) is 75.1 cm³/mol. The number of ether oxygens (including phenoxy) is 1. The molecule has 0 atom stereocenters. The Kier molecular flexibility index (Phi) is 5.02. The van der Waals surface area contributed by atoms with Crippen LogP contribution in [0.1, 0.15) is 24.0 Å². The summed E-state index contributed by atoms with van der Waals surface area (Å²) in [5.41, 5.74) is 2.73. The van der Waals surface area contributed by atoms with Gasteiger partial charge in [0.2, 0.25) is 0 Å². The molecule has 0 aromatic heterocycles. The van der Waals surface area contributed by atoms with Gasteiger partial charge in [-0.2, -0.15) is 0 Å². The summed E-state index contributed by atoms with van der Waals surface area (Å²) >= 11 is 0. The Morgan fingerprint density at radius 3 is 3.06 bits per heavy atom. The minimum Gasteiger partial charge on any atom is -0.493 e. The molecule has 3 nitrogen and oxygen atoms in total. The molecule has 2 rings (SSSR count). The van der Waals surface area contributed by atoms with E-state index in [1.54, 1.807) is 0 Å². The summed E-state index contributed by atoms with van der Waals surface area (Å²) in [4.78, 5) is 2.22. The first-order chi connectivity index (χ1) is 8.75. The third-order valence-electron chi connectivity index (χ3n) is 3.26. The van der Waals surface area contributed by atoms with Crippen molar-refractivity contribution in [1.82, 2.24) is 10.2 Å². The van der Waals surface area contributed by atoms with Crippen molar-refractivity contribution in [2.45, 2.75) is 25.8 Å². The van der Waals surface area contributed by atoms with Gasteiger partial charge in [-0.05, 0) is 63.6 Å². The number of fused-ring (bicyclic) bond motifs is 1. The van der Waals surface area contributed by atoms with E-state index in [-0.39, 0.29) is 0 Å². The van der Waals surface area contributed by atoms with Crippen LogP contribution >= 0.6 is 0 Å². The third kappa shape index (κ3) is 4.00. The Bertz CT molecular complexity index is 377. The molecule has 0 saturated carbocycles. The summed E-state index contributed by atoms with van der Waals surface area (Å²) in [6.45, 7) is 4.05. The van der Waals surface area contributed by atoms with E-state index in [1.807, 2.05) is 0 Å². The lowest BCUT2D eigenvalue weighted by atomic mass is 10.0. The minimum atomic E-state index is 0.870. The molecule has 0 fully saturated rings. The lowest BCUT2D eigenvalue weighted by Gasteiger charge is -2.18. The first kappa shape index (κ1) is 13.4. The molecule has 1 aromatic carbocycles. The molecule has 0 amide bonds. The second kappa shape index (κ2) is 6.76. The van der Waals surface area contributed by atoms with Crippen LogP contribution in [-0.2, 0) is 13.0 Å². The second-order valence-electron chi connectivity index (χ2n) is 5.23. The van der Waals surface area contributed by atoms with Crippen molar-refractivity contribution < 1.29 is 4.74 Å². The Labute approximate surface area is 110 Å². The van der Waals surface area contributed by atoms with Crippen molar-refractivity contribution >= 4 is 0 Å². The SMILES string of the molecule is CN(C)CCCNCc1ccc2c(c1)CCCO2. The number of benzene rings is 1. The van der Waals surface area contributed by atoms with E-state index in [2.05, 4.69) is 42.5 Å². The molecule has 0 aliphatic carbocycles. The zero-order chi connectivity index (χ0) is 12.8. The largest absolute Gasteiger partial charge is 0.493 e. The normalized spacial score (nSPS) is 14.4. The van der Waals surface area contributed by atoms with Crippen molar-refractivity contribution in [3.05, 3.63) is 29.3 Å². The van der Waals surface area contributed by atoms with Crippen LogP contribution in [-0.4, -0.2) is 38.7 Å². The molecular weight excluding hydrogens is 224 g/mol. The fourth-order valence-electron chi connectivity index (χ4n) is 2.28. The Morgan fingerprint density at radius 2 is 2.22 bits per heavy atom. The summed E-state index contributed by atoms with van der Waals surface area (Å²) < 4.78 is 5.62. The van der Waals surface area contributed by atoms with E-state index in [1.165, 1.54) is 17.5 Å². The fraction of sp³-hybridized carbons (Fsp3) is 0.600. The maximum atomic E-state index is 5.62. The molecule has 1 heterocycles. The van der Waals surface area contributed by atoms with Gasteiger partial charge in [0, 0.05) is 6.54 Å². The highest BCUT2D eigenvalue weighted by molar-refractivity contribution is 5.38. The highest BCUT2D eigenvalue weighted by Crippen LogP contribution is 2.25. The Balaban J connectivity index is 1.76. The van der Waals surface area contributed by atoms with Crippen LogP contribution < -0.4 is 10.1 Å². The van der Waals surface area contributed by atoms with E-state index >= 15 is 0 Å². The van der Waals surface area contributed by atoms with Crippen LogP contribution in [0.2, 0.25) is 0 Å². The minimum absolute atomic E-state index is 0.870. The summed E-state index contributed by atoms with van der Waals surface area (Å²) in [6.07, 6.45) is 3.50. The molecule has 1 aliphatic heterocycles. The average Bonchev–Trinajstić information content (AvgIpc) is 2.38. The van der Waals surface area contributed by atoms with Gasteiger partial charge in [-0.15, -0.1) is 0 Å². The predicted octanol–water partition coefficient (Wildman–Crippen LogP) is 2.05. The number of hydrogen-bond acceptors (Lipinski definition) is 3. The average molecular weight is 248 g/mol. The van der Waals surface area contributed by atoms with Gasteiger partial charge < -0.3 is 15.0 Å². The van der Waals surface area contributed by atoms with Crippen molar-refractivity contribution in [3.8, 4) is 5.75 Å². The molecule has 1 aliphatic rings. The molecule has 1 N–H and O–H groups in total. The van der Waals surface area contributed by atoms with E-state index in [0.717, 1.165) is 44.8 Å². The molecule has 0 bridgehead atoms. The van der Waals surface area contributed by atoms with Crippen molar-refractivity contribution in [1.29, 1.82) is 0 Å². The molecule has 0 radical (unpaired) electrons. The second-order valence-corrected chi connectivity index (χ2v) is 5.23. The maximum absolute atomic E-state index is 5.62. The van der Waals surface area contributed by atoms with Gasteiger partial charge in [0.25, 0.3) is 0 Å². The van der Waals surface area contributed by atoms with Gasteiger partial charge in [-0.25, -0.2) is 0 Å².